The van der Waals surface area contributed by atoms with Crippen molar-refractivity contribution in [3.63, 3.8) is 0 Å². The van der Waals surface area contributed by atoms with Gasteiger partial charge in [0, 0.05) is 37.0 Å². The van der Waals surface area contributed by atoms with Crippen LogP contribution in [0.5, 0.6) is 5.75 Å². The molecular weight excluding hydrogens is 792 g/mol. The molecule has 4 aromatic rings. The first-order valence-electron chi connectivity index (χ1n) is 18.5. The van der Waals surface area contributed by atoms with Crippen LogP contribution < -0.4 is 4.90 Å². The van der Waals surface area contributed by atoms with Crippen molar-refractivity contribution >= 4 is 63.3 Å². The van der Waals surface area contributed by atoms with Crippen molar-refractivity contribution in [1.29, 1.82) is 0 Å². The number of aromatic hydroxyl groups is 1. The number of phenolic OH excluding ortho intramolecular Hbond substituents is 1. The van der Waals surface area contributed by atoms with Crippen molar-refractivity contribution in [2.75, 3.05) is 18.0 Å². The smallest absolute Gasteiger partial charge is 0.258 e. The number of carbonyl (C=O) groups excluding carboxylic acids is 4. The van der Waals surface area contributed by atoms with Crippen LogP contribution in [-0.2, 0) is 25.7 Å². The normalized spacial score (nSPS) is 29.2. The monoisotopic (exact) mass is 823 g/mol. The minimum Gasteiger partial charge on any atom is -0.507 e. The Morgan fingerprint density at radius 1 is 0.719 bits per heavy atom. The van der Waals surface area contributed by atoms with Gasteiger partial charge in [0.05, 0.1) is 11.8 Å². The molecule has 0 aromatic heterocycles. The number of fused-ring (bicyclic) bond motifs is 5. The topological polar surface area (TPSA) is 98.2 Å². The molecule has 6 atom stereocenters. The second-order valence-electron chi connectivity index (χ2n) is 15.5. The molecule has 3 saturated heterocycles. The Morgan fingerprint density at radius 3 is 2.00 bits per heavy atom. The molecule has 4 aromatic carbocycles. The van der Waals surface area contributed by atoms with Gasteiger partial charge in [-0.1, -0.05) is 72.3 Å². The van der Waals surface area contributed by atoms with E-state index in [1.807, 2.05) is 30.3 Å². The molecule has 294 valence electrons. The minimum atomic E-state index is -2.67. The number of hydrogen-bond donors (Lipinski definition) is 1. The lowest BCUT2D eigenvalue weighted by atomic mass is 9.56. The number of likely N-dealkylation sites (tertiary alicyclic amines) is 2. The summed E-state index contributed by atoms with van der Waals surface area (Å²) >= 11 is 14.7. The van der Waals surface area contributed by atoms with Gasteiger partial charge < -0.3 is 5.11 Å². The van der Waals surface area contributed by atoms with Gasteiger partial charge in [-0.2, -0.15) is 0 Å². The van der Waals surface area contributed by atoms with E-state index < -0.39 is 104 Å². The number of imide groups is 2. The number of halogens is 7. The van der Waals surface area contributed by atoms with Crippen LogP contribution in [0, 0.1) is 46.8 Å². The van der Waals surface area contributed by atoms with Gasteiger partial charge >= 0.3 is 0 Å². The number of piperidine rings is 1. The molecular formula is C42H32Cl2F5N3O5. The summed E-state index contributed by atoms with van der Waals surface area (Å²) < 4.78 is 74.3. The van der Waals surface area contributed by atoms with E-state index in [0.717, 1.165) is 5.56 Å². The van der Waals surface area contributed by atoms with Crippen LogP contribution in [0.15, 0.2) is 78.4 Å². The molecule has 3 aliphatic heterocycles. The fourth-order valence-electron chi connectivity index (χ4n) is 10.0. The first-order valence-corrected chi connectivity index (χ1v) is 19.3. The fraction of sp³-hybridized carbons (Fsp3) is 0.333. The third-order valence-corrected chi connectivity index (χ3v) is 14.1. The molecule has 9 rings (SSSR count). The predicted octanol–water partition coefficient (Wildman–Crippen LogP) is 7.47. The first kappa shape index (κ1) is 37.7. The van der Waals surface area contributed by atoms with Gasteiger partial charge in [-0.3, -0.25) is 29.0 Å². The van der Waals surface area contributed by atoms with Crippen LogP contribution in [-0.4, -0.2) is 67.4 Å². The number of nitrogens with zero attached hydrogens (tertiary/aromatic N) is 3. The average molecular weight is 825 g/mol. The molecule has 1 saturated carbocycles. The van der Waals surface area contributed by atoms with E-state index in [9.17, 15) is 37.5 Å². The van der Waals surface area contributed by atoms with Crippen molar-refractivity contribution in [2.45, 2.75) is 53.9 Å². The minimum absolute atomic E-state index is 0.0443. The summed E-state index contributed by atoms with van der Waals surface area (Å²) in [6, 6.07) is 18.7. The largest absolute Gasteiger partial charge is 0.507 e. The van der Waals surface area contributed by atoms with Crippen molar-refractivity contribution in [2.24, 2.45) is 17.8 Å². The summed E-state index contributed by atoms with van der Waals surface area (Å²) in [6.07, 6.45) is 2.17. The van der Waals surface area contributed by atoms with Crippen LogP contribution in [0.4, 0.5) is 27.6 Å². The maximum absolute atomic E-state index is 15.4. The van der Waals surface area contributed by atoms with Gasteiger partial charge in [0.15, 0.2) is 33.0 Å². The van der Waals surface area contributed by atoms with Gasteiger partial charge in [0.1, 0.15) is 11.4 Å². The van der Waals surface area contributed by atoms with Crippen molar-refractivity contribution < 1.29 is 46.2 Å². The van der Waals surface area contributed by atoms with Crippen LogP contribution in [0.2, 0.25) is 0 Å². The molecule has 4 fully saturated rings. The van der Waals surface area contributed by atoms with Crippen LogP contribution in [0.1, 0.15) is 42.7 Å². The Morgan fingerprint density at radius 2 is 1.33 bits per heavy atom. The zero-order chi connectivity index (χ0) is 40.3. The number of alkyl halides is 2. The maximum atomic E-state index is 15.4. The molecule has 4 amide bonds. The molecule has 0 spiro atoms. The molecule has 8 nitrogen and oxygen atoms in total. The number of benzene rings is 4. The Bertz CT molecular complexity index is 2430. The van der Waals surface area contributed by atoms with Crippen molar-refractivity contribution in [3.8, 4) is 5.75 Å². The second kappa shape index (κ2) is 13.4. The van der Waals surface area contributed by atoms with E-state index in [1.54, 1.807) is 30.3 Å². The highest BCUT2D eigenvalue weighted by molar-refractivity contribution is 6.58. The maximum Gasteiger partial charge on any atom is 0.258 e. The summed E-state index contributed by atoms with van der Waals surface area (Å²) in [5, 5.41) is 11.4. The van der Waals surface area contributed by atoms with E-state index in [0.29, 0.717) is 48.8 Å². The number of carbonyl (C=O) groups is 4. The molecule has 2 aliphatic carbocycles. The SMILES string of the molecule is O=C1C2CC=C3C(CC4(Cl)C(=O)N(c5c(F)c(F)c(F)c(F)c5F)C(=O)C4(Cl)C3c3ccc(O)c4ccccc34)C2C(=O)N1C1CCN(Cc2ccccc2)CC1. The molecule has 1 N–H and O–H groups in total. The van der Waals surface area contributed by atoms with Gasteiger partial charge in [0.2, 0.25) is 17.6 Å². The molecule has 6 unspecified atom stereocenters. The number of rotatable bonds is 5. The van der Waals surface area contributed by atoms with E-state index >= 15 is 8.78 Å². The molecule has 0 radical (unpaired) electrons. The summed E-state index contributed by atoms with van der Waals surface area (Å²) in [7, 11) is 0. The van der Waals surface area contributed by atoms with Crippen molar-refractivity contribution in [1.82, 2.24) is 9.80 Å². The zero-order valence-corrected chi connectivity index (χ0v) is 31.3. The third kappa shape index (κ3) is 5.20. The Labute approximate surface area is 332 Å². The van der Waals surface area contributed by atoms with E-state index in [2.05, 4.69) is 4.90 Å². The van der Waals surface area contributed by atoms with Crippen LogP contribution >= 0.6 is 23.2 Å². The lowest BCUT2D eigenvalue weighted by molar-refractivity contribution is -0.144. The number of allylic oxidation sites excluding steroid dienone is 2. The lowest BCUT2D eigenvalue weighted by Gasteiger charge is -2.51. The number of anilines is 1. The summed E-state index contributed by atoms with van der Waals surface area (Å²) in [5.41, 5.74) is -0.125. The highest BCUT2D eigenvalue weighted by atomic mass is 35.5. The second-order valence-corrected chi connectivity index (χ2v) is 16.7. The summed E-state index contributed by atoms with van der Waals surface area (Å²) in [6.45, 7) is 1.95. The molecule has 5 aliphatic rings. The standard InChI is InChI=1S/C42H32Cl2F5N3O5/c43-41-18-27-25(10-11-26-29(27)38(55)51(37(26)54)21-14-16-50(17-15-21)19-20-6-2-1-3-7-20)30(24-12-13-28(53)23-9-5-4-8-22(23)24)42(41,44)40(57)52(39(41)56)36-34(48)32(46)31(45)33(47)35(36)49/h1-10,12-13,21,26-27,29-30,53H,11,14-19H2. The summed E-state index contributed by atoms with van der Waals surface area (Å²) in [4.78, 5) is 56.2. The first-order chi connectivity index (χ1) is 27.2. The van der Waals surface area contributed by atoms with Crippen LogP contribution in [0.25, 0.3) is 10.8 Å². The average Bonchev–Trinajstić information content (AvgIpc) is 3.55. The van der Waals surface area contributed by atoms with Gasteiger partial charge in [0.25, 0.3) is 11.8 Å². The predicted molar refractivity (Wildman–Crippen MR) is 199 cm³/mol. The van der Waals surface area contributed by atoms with Gasteiger partial charge in [-0.25, -0.2) is 26.9 Å². The Balaban J connectivity index is 1.14. The third-order valence-electron chi connectivity index (χ3n) is 12.7. The van der Waals surface area contributed by atoms with E-state index in [-0.39, 0.29) is 22.6 Å². The lowest BCUT2D eigenvalue weighted by Crippen LogP contribution is -2.60. The number of hydrogen-bond acceptors (Lipinski definition) is 6. The molecule has 0 bridgehead atoms. The van der Waals surface area contributed by atoms with E-state index in [1.165, 1.54) is 17.0 Å². The van der Waals surface area contributed by atoms with Gasteiger partial charge in [-0.15, -0.1) is 23.2 Å². The Kier molecular flexibility index (Phi) is 8.83. The molecule has 57 heavy (non-hydrogen) atoms. The van der Waals surface area contributed by atoms with Crippen LogP contribution in [0.3, 0.4) is 0 Å². The fourth-order valence-corrected chi connectivity index (χ4v) is 11.0. The number of amides is 4. The van der Waals surface area contributed by atoms with Crippen molar-refractivity contribution in [3.05, 3.63) is 119 Å². The Hall–Kier alpha value is -4.85. The zero-order valence-electron chi connectivity index (χ0n) is 29.8. The number of phenols is 1. The quantitative estimate of drug-likeness (QED) is 0.0561. The highest BCUT2D eigenvalue weighted by Crippen LogP contribution is 2.66. The molecule has 3 heterocycles. The summed E-state index contributed by atoms with van der Waals surface area (Å²) in [5.74, 6) is -20.8. The van der Waals surface area contributed by atoms with Gasteiger partial charge in [-0.05, 0) is 54.2 Å². The highest BCUT2D eigenvalue weighted by Gasteiger charge is 2.77. The van der Waals surface area contributed by atoms with E-state index in [4.69, 9.17) is 23.2 Å². The molecule has 15 heteroatoms.